The fourth-order valence-electron chi connectivity index (χ4n) is 6.85. The number of carbonyl (C=O) groups excluding carboxylic acids is 1. The maximum Gasteiger partial charge on any atom is 0.317 e. The highest BCUT2D eigenvalue weighted by Gasteiger charge is 2.48. The first-order chi connectivity index (χ1) is 17.0. The highest BCUT2D eigenvalue weighted by atomic mass is 16.2. The lowest BCUT2D eigenvalue weighted by molar-refractivity contribution is 0.0522. The van der Waals surface area contributed by atoms with Crippen LogP contribution in [0.1, 0.15) is 54.1 Å². The fourth-order valence-corrected chi connectivity index (χ4v) is 6.85. The molecule has 6 rings (SSSR count). The van der Waals surface area contributed by atoms with E-state index in [-0.39, 0.29) is 18.1 Å². The van der Waals surface area contributed by atoms with Crippen molar-refractivity contribution in [2.24, 2.45) is 11.8 Å². The van der Waals surface area contributed by atoms with Crippen molar-refractivity contribution in [2.45, 2.75) is 70.2 Å². The Hall–Kier alpha value is -2.55. The number of amides is 2. The Bertz CT molecular complexity index is 1080. The molecule has 6 atom stereocenters. The number of nitrogens with zero attached hydrogens (tertiary/aromatic N) is 4. The van der Waals surface area contributed by atoms with E-state index in [1.54, 1.807) is 0 Å². The van der Waals surface area contributed by atoms with Crippen molar-refractivity contribution in [3.63, 3.8) is 0 Å². The van der Waals surface area contributed by atoms with E-state index in [9.17, 15) is 4.79 Å². The second-order valence-electron chi connectivity index (χ2n) is 11.0. The van der Waals surface area contributed by atoms with E-state index in [2.05, 4.69) is 68.0 Å². The van der Waals surface area contributed by atoms with Gasteiger partial charge < -0.3 is 10.2 Å². The predicted octanol–water partition coefficient (Wildman–Crippen LogP) is 2.70. The molecule has 3 aliphatic heterocycles. The summed E-state index contributed by atoms with van der Waals surface area (Å²) in [6, 6.07) is 7.75. The first kappa shape index (κ1) is 22.9. The molecule has 8 heteroatoms. The SMILES string of the molecule is Cc1cc(C2NNC3CC4NC(=O)N([C@@H]5CCCN(Cc6cnccc6C)C5)CC4CC32)ccn1. The van der Waals surface area contributed by atoms with Crippen LogP contribution in [0.25, 0.3) is 0 Å². The Morgan fingerprint density at radius 3 is 2.86 bits per heavy atom. The first-order valence-corrected chi connectivity index (χ1v) is 13.2. The highest BCUT2D eigenvalue weighted by Crippen LogP contribution is 2.42. The quantitative estimate of drug-likeness (QED) is 0.631. The summed E-state index contributed by atoms with van der Waals surface area (Å²) in [4.78, 5) is 26.6. The molecule has 3 N–H and O–H groups in total. The van der Waals surface area contributed by atoms with Gasteiger partial charge in [0.25, 0.3) is 0 Å². The molecule has 186 valence electrons. The number of hydrogen-bond donors (Lipinski definition) is 3. The van der Waals surface area contributed by atoms with E-state index in [4.69, 9.17) is 0 Å². The Morgan fingerprint density at radius 2 is 2.00 bits per heavy atom. The minimum absolute atomic E-state index is 0.126. The van der Waals surface area contributed by atoms with E-state index < -0.39 is 0 Å². The Morgan fingerprint density at radius 1 is 1.09 bits per heavy atom. The van der Waals surface area contributed by atoms with Gasteiger partial charge in [0.2, 0.25) is 0 Å². The molecule has 0 spiro atoms. The summed E-state index contributed by atoms with van der Waals surface area (Å²) >= 11 is 0. The van der Waals surface area contributed by atoms with Gasteiger partial charge in [-0.3, -0.25) is 20.3 Å². The fraction of sp³-hybridized carbons (Fsp3) is 0.593. The van der Waals surface area contributed by atoms with Crippen LogP contribution in [0.4, 0.5) is 4.79 Å². The Balaban J connectivity index is 1.13. The molecule has 1 aliphatic carbocycles. The van der Waals surface area contributed by atoms with E-state index in [1.807, 2.05) is 18.6 Å². The minimum atomic E-state index is 0.126. The van der Waals surface area contributed by atoms with Crippen molar-refractivity contribution < 1.29 is 4.79 Å². The zero-order valence-corrected chi connectivity index (χ0v) is 20.8. The minimum Gasteiger partial charge on any atom is -0.335 e. The smallest absolute Gasteiger partial charge is 0.317 e. The summed E-state index contributed by atoms with van der Waals surface area (Å²) in [7, 11) is 0. The van der Waals surface area contributed by atoms with E-state index in [0.29, 0.717) is 23.9 Å². The molecular weight excluding hydrogens is 438 g/mol. The van der Waals surface area contributed by atoms with Crippen LogP contribution in [0.2, 0.25) is 0 Å². The van der Waals surface area contributed by atoms with E-state index >= 15 is 0 Å². The van der Waals surface area contributed by atoms with Gasteiger partial charge in [-0.05, 0) is 92.8 Å². The van der Waals surface area contributed by atoms with Crippen LogP contribution in [0, 0.1) is 25.7 Å². The van der Waals surface area contributed by atoms with Gasteiger partial charge in [0, 0.05) is 62.0 Å². The summed E-state index contributed by atoms with van der Waals surface area (Å²) in [5.74, 6) is 1.00. The maximum absolute atomic E-state index is 13.2. The van der Waals surface area contributed by atoms with Crippen molar-refractivity contribution in [1.29, 1.82) is 0 Å². The molecule has 5 unspecified atom stereocenters. The van der Waals surface area contributed by atoms with Crippen LogP contribution in [0.5, 0.6) is 0 Å². The van der Waals surface area contributed by atoms with Crippen LogP contribution < -0.4 is 16.2 Å². The Labute approximate surface area is 207 Å². The molecule has 0 radical (unpaired) electrons. The zero-order valence-electron chi connectivity index (χ0n) is 20.8. The Kier molecular flexibility index (Phi) is 6.20. The van der Waals surface area contributed by atoms with Crippen LogP contribution in [-0.4, -0.2) is 63.6 Å². The lowest BCUT2D eigenvalue weighted by atomic mass is 9.71. The number of nitrogens with one attached hydrogen (secondary N) is 3. The summed E-state index contributed by atoms with van der Waals surface area (Å²) in [6.07, 6.45) is 10.1. The third-order valence-corrected chi connectivity index (χ3v) is 8.76. The largest absolute Gasteiger partial charge is 0.335 e. The van der Waals surface area contributed by atoms with Gasteiger partial charge in [0.15, 0.2) is 0 Å². The van der Waals surface area contributed by atoms with Gasteiger partial charge in [0.05, 0.1) is 6.04 Å². The number of aryl methyl sites for hydroxylation is 2. The molecule has 0 bridgehead atoms. The molecule has 2 aromatic heterocycles. The van der Waals surface area contributed by atoms with Gasteiger partial charge in [-0.1, -0.05) is 0 Å². The van der Waals surface area contributed by atoms with Gasteiger partial charge in [0.1, 0.15) is 0 Å². The summed E-state index contributed by atoms with van der Waals surface area (Å²) in [5.41, 5.74) is 12.0. The monoisotopic (exact) mass is 475 g/mol. The van der Waals surface area contributed by atoms with Gasteiger partial charge in [-0.2, -0.15) is 0 Å². The number of urea groups is 1. The molecule has 0 aromatic carbocycles. The second-order valence-corrected chi connectivity index (χ2v) is 11.0. The van der Waals surface area contributed by atoms with Crippen molar-refractivity contribution in [3.05, 3.63) is 59.2 Å². The molecule has 2 amide bonds. The highest BCUT2D eigenvalue weighted by molar-refractivity contribution is 5.76. The number of piperidine rings is 1. The van der Waals surface area contributed by atoms with Crippen molar-refractivity contribution in [3.8, 4) is 0 Å². The molecule has 3 saturated heterocycles. The van der Waals surface area contributed by atoms with Crippen LogP contribution in [0.15, 0.2) is 36.8 Å². The number of hydrazine groups is 1. The molecule has 4 aliphatic rings. The van der Waals surface area contributed by atoms with Crippen molar-refractivity contribution in [1.82, 2.24) is 35.9 Å². The summed E-state index contributed by atoms with van der Waals surface area (Å²) < 4.78 is 0. The topological polar surface area (TPSA) is 85.4 Å². The number of hydrogen-bond acceptors (Lipinski definition) is 6. The third-order valence-electron chi connectivity index (χ3n) is 8.76. The third kappa shape index (κ3) is 4.55. The number of carbonyl (C=O) groups is 1. The average molecular weight is 476 g/mol. The molecule has 5 heterocycles. The van der Waals surface area contributed by atoms with Crippen LogP contribution >= 0.6 is 0 Å². The van der Waals surface area contributed by atoms with Crippen molar-refractivity contribution >= 4 is 6.03 Å². The number of rotatable bonds is 4. The molecular formula is C27H37N7O. The molecule has 1 saturated carbocycles. The van der Waals surface area contributed by atoms with E-state index in [0.717, 1.165) is 57.6 Å². The second kappa shape index (κ2) is 9.48. The summed E-state index contributed by atoms with van der Waals surface area (Å²) in [6.45, 7) is 8.00. The number of aromatic nitrogens is 2. The number of fused-ring (bicyclic) bond motifs is 2. The van der Waals surface area contributed by atoms with Crippen molar-refractivity contribution in [2.75, 3.05) is 19.6 Å². The lowest BCUT2D eigenvalue weighted by Gasteiger charge is -2.49. The van der Waals surface area contributed by atoms with Gasteiger partial charge in [-0.15, -0.1) is 0 Å². The average Bonchev–Trinajstić information content (AvgIpc) is 3.26. The maximum atomic E-state index is 13.2. The van der Waals surface area contributed by atoms with Gasteiger partial charge >= 0.3 is 6.03 Å². The normalized spacial score (nSPS) is 33.2. The number of likely N-dealkylation sites (tertiary alicyclic amines) is 1. The zero-order chi connectivity index (χ0) is 23.9. The molecule has 8 nitrogen and oxygen atoms in total. The molecule has 2 aromatic rings. The van der Waals surface area contributed by atoms with E-state index in [1.165, 1.54) is 16.7 Å². The predicted molar refractivity (Wildman–Crippen MR) is 134 cm³/mol. The summed E-state index contributed by atoms with van der Waals surface area (Å²) in [5, 5.41) is 3.40. The molecule has 35 heavy (non-hydrogen) atoms. The molecule has 4 fully saturated rings. The van der Waals surface area contributed by atoms with Gasteiger partial charge in [-0.25, -0.2) is 10.2 Å². The number of pyridine rings is 2. The lowest BCUT2D eigenvalue weighted by Crippen LogP contribution is -2.64. The standard InChI is InChI=1S/C27H37N7O/c1-17-5-7-28-13-21(17)14-33-9-3-4-22(16-33)34-15-20-11-23-25(12-24(20)30-27(34)35)31-32-26(23)19-6-8-29-18(2)10-19/h5-8,10,13,20,22-26,31-32H,3-4,9,11-12,14-16H2,1-2H3,(H,30,35)/t20?,22-,23?,24?,25?,26?/m1/s1. The first-order valence-electron chi connectivity index (χ1n) is 13.2. The van der Waals surface area contributed by atoms with Crippen LogP contribution in [0.3, 0.4) is 0 Å². The van der Waals surface area contributed by atoms with Crippen LogP contribution in [-0.2, 0) is 6.54 Å².